The summed E-state index contributed by atoms with van der Waals surface area (Å²) in [6.07, 6.45) is -4.86. The van der Waals surface area contributed by atoms with Crippen LogP contribution in [-0.4, -0.2) is 16.9 Å². The van der Waals surface area contributed by atoms with E-state index in [1.165, 1.54) is 6.07 Å². The second kappa shape index (κ2) is 3.84. The number of Topliss-reactive ketones (excluding diaryl/α,β-unsaturated/α-hetero) is 1. The Bertz CT molecular complexity index is 590. The number of carbonyl (C=O) groups excluding carboxylic acids is 1. The average molecular weight is 239 g/mol. The lowest BCUT2D eigenvalue weighted by Gasteiger charge is -2.09. The van der Waals surface area contributed by atoms with Crippen molar-refractivity contribution >= 4 is 16.7 Å². The molecule has 0 saturated heterocycles. The molecule has 0 spiro atoms. The van der Waals surface area contributed by atoms with Crippen molar-refractivity contribution < 1.29 is 18.0 Å². The normalized spacial score (nSPS) is 11.8. The Kier molecular flexibility index (Phi) is 2.61. The number of rotatable bonds is 1. The molecule has 0 bridgehead atoms. The molecule has 2 aromatic rings. The molecule has 0 aliphatic carbocycles. The maximum absolute atomic E-state index is 12.4. The fourth-order valence-electron chi connectivity index (χ4n) is 1.65. The van der Waals surface area contributed by atoms with E-state index in [1.807, 2.05) is 0 Å². The van der Waals surface area contributed by atoms with Gasteiger partial charge in [-0.25, -0.2) is 0 Å². The summed E-state index contributed by atoms with van der Waals surface area (Å²) in [5, 5.41) is 0.223. The summed E-state index contributed by atoms with van der Waals surface area (Å²) < 4.78 is 37.3. The van der Waals surface area contributed by atoms with E-state index in [2.05, 4.69) is 4.98 Å². The first kappa shape index (κ1) is 11.6. The van der Waals surface area contributed by atoms with E-state index in [0.717, 1.165) is 6.07 Å². The average Bonchev–Trinajstić information content (AvgIpc) is 2.25. The van der Waals surface area contributed by atoms with Gasteiger partial charge in [0.1, 0.15) is 0 Å². The van der Waals surface area contributed by atoms with Gasteiger partial charge in [-0.15, -0.1) is 0 Å². The number of para-hydroxylation sites is 1. The standard InChI is InChI=1S/C12H8F3NO/c1-7-6-9(11(17)12(13,14)15)8-4-2-3-5-10(8)16-7/h2-6H,1H3. The quantitative estimate of drug-likeness (QED) is 0.715. The number of hydrogen-bond donors (Lipinski definition) is 0. The molecule has 88 valence electrons. The van der Waals surface area contributed by atoms with Crippen molar-refractivity contribution in [2.75, 3.05) is 0 Å². The number of pyridine rings is 1. The Labute approximate surface area is 95.1 Å². The van der Waals surface area contributed by atoms with Gasteiger partial charge in [0.15, 0.2) is 0 Å². The molecule has 2 nitrogen and oxygen atoms in total. The summed E-state index contributed by atoms with van der Waals surface area (Å²) in [7, 11) is 0. The third kappa shape index (κ3) is 2.13. The van der Waals surface area contributed by atoms with Crippen LogP contribution < -0.4 is 0 Å². The van der Waals surface area contributed by atoms with Gasteiger partial charge >= 0.3 is 6.18 Å². The highest BCUT2D eigenvalue weighted by Crippen LogP contribution is 2.26. The predicted octanol–water partition coefficient (Wildman–Crippen LogP) is 3.29. The first-order valence-corrected chi connectivity index (χ1v) is 4.87. The molecular weight excluding hydrogens is 231 g/mol. The molecule has 1 aromatic carbocycles. The van der Waals surface area contributed by atoms with Gasteiger partial charge in [0.2, 0.25) is 0 Å². The topological polar surface area (TPSA) is 30.0 Å². The monoisotopic (exact) mass is 239 g/mol. The van der Waals surface area contributed by atoms with Gasteiger partial charge in [-0.2, -0.15) is 13.2 Å². The number of aromatic nitrogens is 1. The zero-order valence-corrected chi connectivity index (χ0v) is 8.88. The van der Waals surface area contributed by atoms with Crippen molar-refractivity contribution in [3.8, 4) is 0 Å². The molecule has 5 heteroatoms. The Hall–Kier alpha value is -1.91. The van der Waals surface area contributed by atoms with Gasteiger partial charge in [-0.05, 0) is 19.1 Å². The van der Waals surface area contributed by atoms with E-state index in [4.69, 9.17) is 0 Å². The summed E-state index contributed by atoms with van der Waals surface area (Å²) in [4.78, 5) is 15.4. The Morgan fingerprint density at radius 1 is 1.24 bits per heavy atom. The van der Waals surface area contributed by atoms with Crippen LogP contribution in [0, 0.1) is 6.92 Å². The lowest BCUT2D eigenvalue weighted by molar-refractivity contribution is -0.0884. The molecule has 0 radical (unpaired) electrons. The van der Waals surface area contributed by atoms with Crippen LogP contribution in [0.3, 0.4) is 0 Å². The van der Waals surface area contributed by atoms with Crippen molar-refractivity contribution in [2.45, 2.75) is 13.1 Å². The summed E-state index contributed by atoms with van der Waals surface area (Å²) in [6.45, 7) is 1.56. The molecule has 0 amide bonds. The maximum atomic E-state index is 12.4. The summed E-state index contributed by atoms with van der Waals surface area (Å²) in [6, 6.07) is 7.44. The van der Waals surface area contributed by atoms with Crippen LogP contribution in [0.25, 0.3) is 10.9 Å². The number of aryl methyl sites for hydroxylation is 1. The van der Waals surface area contributed by atoms with Crippen LogP contribution in [0.5, 0.6) is 0 Å². The van der Waals surface area contributed by atoms with Crippen LogP contribution in [0.1, 0.15) is 16.1 Å². The molecule has 0 fully saturated rings. The van der Waals surface area contributed by atoms with E-state index in [9.17, 15) is 18.0 Å². The van der Waals surface area contributed by atoms with Crippen LogP contribution in [-0.2, 0) is 0 Å². The molecule has 0 N–H and O–H groups in total. The SMILES string of the molecule is Cc1cc(C(=O)C(F)(F)F)c2ccccc2n1. The lowest BCUT2D eigenvalue weighted by atomic mass is 10.0. The minimum absolute atomic E-state index is 0.223. The lowest BCUT2D eigenvalue weighted by Crippen LogP contribution is -2.23. The van der Waals surface area contributed by atoms with E-state index >= 15 is 0 Å². The van der Waals surface area contributed by atoms with Crippen LogP contribution in [0.15, 0.2) is 30.3 Å². The largest absolute Gasteiger partial charge is 0.454 e. The zero-order valence-electron chi connectivity index (χ0n) is 8.88. The van der Waals surface area contributed by atoms with Crippen molar-refractivity contribution in [1.29, 1.82) is 0 Å². The first-order chi connectivity index (χ1) is 7.89. The zero-order chi connectivity index (χ0) is 12.6. The van der Waals surface area contributed by atoms with Crippen LogP contribution in [0.2, 0.25) is 0 Å². The minimum Gasteiger partial charge on any atom is -0.284 e. The van der Waals surface area contributed by atoms with Gasteiger partial charge < -0.3 is 0 Å². The molecule has 2 rings (SSSR count). The highest BCUT2D eigenvalue weighted by atomic mass is 19.4. The molecule has 17 heavy (non-hydrogen) atoms. The number of benzene rings is 1. The highest BCUT2D eigenvalue weighted by molar-refractivity contribution is 6.09. The van der Waals surface area contributed by atoms with Crippen molar-refractivity contribution in [3.63, 3.8) is 0 Å². The Morgan fingerprint density at radius 2 is 1.88 bits per heavy atom. The fraction of sp³-hybridized carbons (Fsp3) is 0.167. The van der Waals surface area contributed by atoms with Crippen LogP contribution >= 0.6 is 0 Å². The number of nitrogens with zero attached hydrogens (tertiary/aromatic N) is 1. The second-order valence-corrected chi connectivity index (χ2v) is 3.66. The molecule has 0 unspecified atom stereocenters. The summed E-state index contributed by atoms with van der Waals surface area (Å²) in [5.74, 6) is -1.83. The van der Waals surface area contributed by atoms with Crippen molar-refractivity contribution in [3.05, 3.63) is 41.6 Å². The third-order valence-electron chi connectivity index (χ3n) is 2.35. The number of ketones is 1. The van der Waals surface area contributed by atoms with Gasteiger partial charge in [0, 0.05) is 16.6 Å². The molecule has 0 aliphatic rings. The van der Waals surface area contributed by atoms with E-state index in [-0.39, 0.29) is 10.9 Å². The van der Waals surface area contributed by atoms with Gasteiger partial charge in [-0.1, -0.05) is 18.2 Å². The molecule has 0 saturated carbocycles. The predicted molar refractivity (Wildman–Crippen MR) is 56.9 cm³/mol. The summed E-state index contributed by atoms with van der Waals surface area (Å²) >= 11 is 0. The third-order valence-corrected chi connectivity index (χ3v) is 2.35. The van der Waals surface area contributed by atoms with Gasteiger partial charge in [-0.3, -0.25) is 9.78 Å². The number of alkyl halides is 3. The van der Waals surface area contributed by atoms with Crippen molar-refractivity contribution in [2.24, 2.45) is 0 Å². The molecule has 0 aliphatic heterocycles. The van der Waals surface area contributed by atoms with E-state index in [0.29, 0.717) is 11.2 Å². The van der Waals surface area contributed by atoms with E-state index < -0.39 is 12.0 Å². The molecule has 0 atom stereocenters. The molecule has 1 aromatic heterocycles. The highest BCUT2D eigenvalue weighted by Gasteiger charge is 2.40. The molecular formula is C12H8F3NO. The first-order valence-electron chi connectivity index (χ1n) is 4.87. The Morgan fingerprint density at radius 3 is 2.53 bits per heavy atom. The smallest absolute Gasteiger partial charge is 0.284 e. The summed E-state index contributed by atoms with van der Waals surface area (Å²) in [5.41, 5.74) is 0.428. The number of halogens is 3. The number of hydrogen-bond acceptors (Lipinski definition) is 2. The van der Waals surface area contributed by atoms with E-state index in [1.54, 1.807) is 25.1 Å². The second-order valence-electron chi connectivity index (χ2n) is 3.66. The van der Waals surface area contributed by atoms with Crippen molar-refractivity contribution in [1.82, 2.24) is 4.98 Å². The van der Waals surface area contributed by atoms with Crippen LogP contribution in [0.4, 0.5) is 13.2 Å². The number of fused-ring (bicyclic) bond motifs is 1. The Balaban J connectivity index is 2.73. The fourth-order valence-corrected chi connectivity index (χ4v) is 1.65. The van der Waals surface area contributed by atoms with Gasteiger partial charge in [0.25, 0.3) is 5.78 Å². The number of carbonyl (C=O) groups is 1. The maximum Gasteiger partial charge on any atom is 0.454 e. The molecule has 1 heterocycles. The minimum atomic E-state index is -4.86. The van der Waals surface area contributed by atoms with Gasteiger partial charge in [0.05, 0.1) is 5.52 Å².